The summed E-state index contributed by atoms with van der Waals surface area (Å²) in [7, 11) is 0. The van der Waals surface area contributed by atoms with Crippen LogP contribution in [-0.2, 0) is 0 Å². The molecule has 5 nitrogen and oxygen atoms in total. The van der Waals surface area contributed by atoms with E-state index >= 15 is 0 Å². The summed E-state index contributed by atoms with van der Waals surface area (Å²) in [6, 6.07) is 10.6. The van der Waals surface area contributed by atoms with Crippen molar-refractivity contribution in [1.29, 1.82) is 0 Å². The van der Waals surface area contributed by atoms with Crippen LogP contribution in [0.25, 0.3) is 41.7 Å². The van der Waals surface area contributed by atoms with Crippen LogP contribution in [0.3, 0.4) is 0 Å². The molecule has 0 amide bonds. The lowest BCUT2D eigenvalue weighted by Gasteiger charge is -2.00. The number of hydrogen-bond donors (Lipinski definition) is 1. The molecule has 5 aromatic rings. The first kappa shape index (κ1) is 14.9. The van der Waals surface area contributed by atoms with Crippen LogP contribution in [0.4, 0.5) is 0 Å². The Bertz CT molecular complexity index is 1620. The average molecular weight is 360 g/mol. The molecule has 0 aliphatic rings. The van der Waals surface area contributed by atoms with Gasteiger partial charge in [0.1, 0.15) is 5.75 Å². The third kappa shape index (κ3) is 1.64. The van der Waals surface area contributed by atoms with Crippen LogP contribution in [0, 0.1) is 0 Å². The van der Waals surface area contributed by atoms with E-state index in [1.165, 1.54) is 24.3 Å². The van der Waals surface area contributed by atoms with Gasteiger partial charge in [0.25, 0.3) is 0 Å². The molecule has 0 unspecified atom stereocenters. The first-order chi connectivity index (χ1) is 12.5. The van der Waals surface area contributed by atoms with E-state index in [0.717, 1.165) is 11.3 Å². The number of fused-ring (bicyclic) bond motifs is 5. The third-order valence-electron chi connectivity index (χ3n) is 4.71. The molecule has 0 aliphatic heterocycles. The first-order valence-corrected chi connectivity index (χ1v) is 8.59. The van der Waals surface area contributed by atoms with Crippen molar-refractivity contribution in [3.05, 3.63) is 83.4 Å². The molecule has 1 N–H and O–H groups in total. The van der Waals surface area contributed by atoms with E-state index in [4.69, 9.17) is 0 Å². The number of phenolic OH excluding ortho intramolecular Hbond substituents is 1. The highest BCUT2D eigenvalue weighted by atomic mass is 32.1. The molecule has 1 aromatic heterocycles. The molecule has 0 aliphatic carbocycles. The first-order valence-electron chi connectivity index (χ1n) is 7.77. The Kier molecular flexibility index (Phi) is 2.77. The molecule has 5 rings (SSSR count). The van der Waals surface area contributed by atoms with E-state index in [9.17, 15) is 24.3 Å². The Morgan fingerprint density at radius 3 is 1.81 bits per heavy atom. The fraction of sp³-hybridized carbons (Fsp3) is 0. The smallest absolute Gasteiger partial charge is 0.204 e. The lowest BCUT2D eigenvalue weighted by Crippen LogP contribution is -2.15. The van der Waals surface area contributed by atoms with Gasteiger partial charge in [0.15, 0.2) is 10.9 Å². The third-order valence-corrected chi connectivity index (χ3v) is 5.89. The maximum atomic E-state index is 13.0. The van der Waals surface area contributed by atoms with Gasteiger partial charge < -0.3 is 5.11 Å². The minimum atomic E-state index is -0.606. The van der Waals surface area contributed by atoms with Gasteiger partial charge in [-0.3, -0.25) is 19.2 Å². The van der Waals surface area contributed by atoms with Crippen molar-refractivity contribution >= 4 is 53.1 Å². The second kappa shape index (κ2) is 4.83. The Morgan fingerprint density at radius 1 is 0.577 bits per heavy atom. The van der Waals surface area contributed by atoms with E-state index in [0.29, 0.717) is 0 Å². The number of benzene rings is 4. The van der Waals surface area contributed by atoms with Gasteiger partial charge in [-0.05, 0) is 12.1 Å². The number of phenols is 1. The molecule has 0 atom stereocenters. The summed E-state index contributed by atoms with van der Waals surface area (Å²) >= 11 is 0.872. The van der Waals surface area contributed by atoms with Gasteiger partial charge in [-0.25, -0.2) is 0 Å². The molecular weight excluding hydrogens is 352 g/mol. The minimum Gasteiger partial charge on any atom is -0.507 e. The zero-order valence-corrected chi connectivity index (χ0v) is 13.8. The summed E-state index contributed by atoms with van der Waals surface area (Å²) in [5.41, 5.74) is -1.89. The van der Waals surface area contributed by atoms with E-state index in [1.54, 1.807) is 18.2 Å². The van der Waals surface area contributed by atoms with Crippen LogP contribution in [0.1, 0.15) is 0 Å². The molecular formula is C20H8O5S. The zero-order valence-electron chi connectivity index (χ0n) is 13.0. The summed E-state index contributed by atoms with van der Waals surface area (Å²) < 4.78 is 0.181. The number of hydrogen-bond acceptors (Lipinski definition) is 6. The highest BCUT2D eigenvalue weighted by Gasteiger charge is 2.22. The quantitative estimate of drug-likeness (QED) is 0.458. The van der Waals surface area contributed by atoms with Gasteiger partial charge in [-0.2, -0.15) is 0 Å². The summed E-state index contributed by atoms with van der Waals surface area (Å²) in [5.74, 6) is -0.318. The lowest BCUT2D eigenvalue weighted by atomic mass is 10.0. The van der Waals surface area contributed by atoms with Crippen molar-refractivity contribution in [2.45, 2.75) is 0 Å². The largest absolute Gasteiger partial charge is 0.507 e. The fourth-order valence-corrected chi connectivity index (χ4v) is 4.74. The maximum absolute atomic E-state index is 13.0. The molecule has 0 bridgehead atoms. The van der Waals surface area contributed by atoms with E-state index in [1.807, 2.05) is 0 Å². The number of thiophene rings is 1. The van der Waals surface area contributed by atoms with Gasteiger partial charge in [0.05, 0.1) is 25.6 Å². The molecule has 4 aromatic carbocycles. The highest BCUT2D eigenvalue weighted by molar-refractivity contribution is 7.25. The number of rotatable bonds is 0. The summed E-state index contributed by atoms with van der Waals surface area (Å²) in [6.45, 7) is 0. The van der Waals surface area contributed by atoms with Gasteiger partial charge >= 0.3 is 0 Å². The van der Waals surface area contributed by atoms with Crippen molar-refractivity contribution in [1.82, 2.24) is 0 Å². The van der Waals surface area contributed by atoms with Gasteiger partial charge in [0.2, 0.25) is 10.9 Å². The molecule has 0 radical (unpaired) electrons. The Labute approximate surface area is 147 Å². The fourth-order valence-electron chi connectivity index (χ4n) is 3.54. The van der Waals surface area contributed by atoms with Crippen molar-refractivity contribution in [2.24, 2.45) is 0 Å². The van der Waals surface area contributed by atoms with Crippen molar-refractivity contribution < 1.29 is 5.11 Å². The van der Waals surface area contributed by atoms with Gasteiger partial charge in [-0.1, -0.05) is 30.3 Å². The lowest BCUT2D eigenvalue weighted by molar-refractivity contribution is 0.481. The molecule has 0 spiro atoms. The number of aromatic hydroxyl groups is 1. The second-order valence-corrected chi connectivity index (χ2v) is 7.09. The monoisotopic (exact) mass is 360 g/mol. The van der Waals surface area contributed by atoms with Crippen molar-refractivity contribution in [3.63, 3.8) is 0 Å². The van der Waals surface area contributed by atoms with Crippen LogP contribution >= 0.6 is 11.3 Å². The summed E-state index contributed by atoms with van der Waals surface area (Å²) in [5, 5.41) is 10.4. The highest BCUT2D eigenvalue weighted by Crippen LogP contribution is 2.30. The Morgan fingerprint density at radius 2 is 1.12 bits per heavy atom. The summed E-state index contributed by atoms with van der Waals surface area (Å²) in [6.07, 6.45) is 0. The topological polar surface area (TPSA) is 88.5 Å². The Hall–Kier alpha value is -3.38. The molecule has 0 saturated heterocycles. The van der Waals surface area contributed by atoms with Crippen LogP contribution in [0.2, 0.25) is 0 Å². The summed E-state index contributed by atoms with van der Waals surface area (Å²) in [4.78, 5) is 51.6. The average Bonchev–Trinajstić information content (AvgIpc) is 3.06. The van der Waals surface area contributed by atoms with E-state index in [-0.39, 0.29) is 52.9 Å². The maximum Gasteiger partial charge on any atom is 0.204 e. The minimum absolute atomic E-state index is 0.0269. The normalized spacial score (nSPS) is 11.8. The molecule has 124 valence electrons. The Balaban J connectivity index is 2.26. The second-order valence-electron chi connectivity index (χ2n) is 6.07. The molecule has 0 fully saturated rings. The standard InChI is InChI=1S/C20H8O5S/c21-11-7-3-6-10-12(11)18(25)14-13-15(22)8-4-1-2-5-9(8)16(23)19(13)26-20(14)17(10)24/h1-7,21H. The van der Waals surface area contributed by atoms with Crippen molar-refractivity contribution in [2.75, 3.05) is 0 Å². The van der Waals surface area contributed by atoms with E-state index < -0.39 is 16.3 Å². The molecule has 6 heteroatoms. The van der Waals surface area contributed by atoms with Crippen molar-refractivity contribution in [3.8, 4) is 5.75 Å². The van der Waals surface area contributed by atoms with Crippen LogP contribution in [0.15, 0.2) is 61.6 Å². The predicted octanol–water partition coefficient (Wildman–Crippen LogP) is 2.38. The van der Waals surface area contributed by atoms with E-state index in [2.05, 4.69) is 0 Å². The SMILES string of the molecule is O=c1c2ccccc2c(=O)c2c1sc1c(=O)c3cccc(O)c3c(=O)c12. The van der Waals surface area contributed by atoms with Gasteiger partial charge in [-0.15, -0.1) is 11.3 Å². The van der Waals surface area contributed by atoms with Crippen LogP contribution in [-0.4, -0.2) is 5.11 Å². The molecule has 0 saturated carbocycles. The molecule has 26 heavy (non-hydrogen) atoms. The predicted molar refractivity (Wildman–Crippen MR) is 103 cm³/mol. The molecule has 1 heterocycles. The zero-order chi connectivity index (χ0) is 18.2. The van der Waals surface area contributed by atoms with Crippen LogP contribution in [0.5, 0.6) is 5.75 Å². The van der Waals surface area contributed by atoms with Gasteiger partial charge in [0, 0.05) is 16.2 Å². The van der Waals surface area contributed by atoms with Crippen LogP contribution < -0.4 is 21.7 Å².